The third-order valence-corrected chi connectivity index (χ3v) is 5.97. The van der Waals surface area contributed by atoms with Gasteiger partial charge in [-0.25, -0.2) is 18.2 Å². The first kappa shape index (κ1) is 19.8. The Morgan fingerprint density at radius 1 is 1.03 bits per heavy atom. The smallest absolute Gasteiger partial charge is 0.151 e. The number of nitrogens with zero attached hydrogens (tertiary/aromatic N) is 2. The van der Waals surface area contributed by atoms with Gasteiger partial charge in [-0.1, -0.05) is 12.1 Å². The van der Waals surface area contributed by atoms with Crippen LogP contribution < -0.4 is 5.32 Å². The van der Waals surface area contributed by atoms with Crippen LogP contribution in [0.4, 0.5) is 13.2 Å². The van der Waals surface area contributed by atoms with E-state index in [2.05, 4.69) is 20.5 Å². The number of nitrogens with one attached hydrogen (secondary N) is 2. The molecule has 2 N–H and O–H groups in total. The molecular weight excluding hydrogens is 401 g/mol. The summed E-state index contributed by atoms with van der Waals surface area (Å²) >= 11 is 0. The molecule has 0 saturated carbocycles. The molecule has 2 aromatic carbocycles. The standard InChI is InChI=1S/C24H21F3N4/c25-19-5-4-15-8-20(9-17(15)7-19)28-12-21-22(26)10-18(11-23(21)27)14-2-1-3-16(6-14)24-29-13-30-31-24/h2,4-7,10-11,13,20,28H,1,3,8-9,12H2,(H,29,30,31). The minimum atomic E-state index is -0.579. The number of rotatable bonds is 5. The van der Waals surface area contributed by atoms with Gasteiger partial charge in [-0.15, -0.1) is 0 Å². The summed E-state index contributed by atoms with van der Waals surface area (Å²) in [6.07, 6.45) is 8.23. The van der Waals surface area contributed by atoms with Crippen molar-refractivity contribution >= 4 is 11.1 Å². The molecule has 5 rings (SSSR count). The molecular formula is C24H21F3N4. The fraction of sp³-hybridized carbons (Fsp3) is 0.250. The zero-order valence-electron chi connectivity index (χ0n) is 16.8. The number of hydrogen-bond acceptors (Lipinski definition) is 3. The summed E-state index contributed by atoms with van der Waals surface area (Å²) in [5, 5.41) is 9.92. The van der Waals surface area contributed by atoms with E-state index in [-0.39, 0.29) is 24.0 Å². The molecule has 0 bridgehead atoms. The van der Waals surface area contributed by atoms with Crippen LogP contribution in [-0.4, -0.2) is 21.2 Å². The highest BCUT2D eigenvalue weighted by molar-refractivity contribution is 5.84. The van der Waals surface area contributed by atoms with Gasteiger partial charge < -0.3 is 5.32 Å². The van der Waals surface area contributed by atoms with E-state index in [1.807, 2.05) is 12.2 Å². The van der Waals surface area contributed by atoms with Crippen molar-refractivity contribution in [3.63, 3.8) is 0 Å². The van der Waals surface area contributed by atoms with E-state index in [1.165, 1.54) is 30.6 Å². The molecule has 2 aliphatic carbocycles. The monoisotopic (exact) mass is 422 g/mol. The Morgan fingerprint density at radius 2 is 1.84 bits per heavy atom. The number of benzene rings is 2. The Labute approximate surface area is 177 Å². The fourth-order valence-corrected chi connectivity index (χ4v) is 4.37. The maximum Gasteiger partial charge on any atom is 0.151 e. The van der Waals surface area contributed by atoms with Crippen molar-refractivity contribution in [1.29, 1.82) is 0 Å². The van der Waals surface area contributed by atoms with Crippen LogP contribution in [0.3, 0.4) is 0 Å². The first-order chi connectivity index (χ1) is 15.1. The van der Waals surface area contributed by atoms with Crippen molar-refractivity contribution in [3.05, 3.63) is 94.3 Å². The minimum Gasteiger partial charge on any atom is -0.309 e. The Kier molecular flexibility index (Phi) is 5.19. The lowest BCUT2D eigenvalue weighted by Gasteiger charge is -2.16. The molecule has 4 nitrogen and oxygen atoms in total. The summed E-state index contributed by atoms with van der Waals surface area (Å²) in [4.78, 5) is 4.16. The molecule has 2 aliphatic rings. The van der Waals surface area contributed by atoms with Gasteiger partial charge in [-0.05, 0) is 83.9 Å². The van der Waals surface area contributed by atoms with Crippen LogP contribution in [0.2, 0.25) is 0 Å². The molecule has 0 amide bonds. The van der Waals surface area contributed by atoms with Gasteiger partial charge in [0, 0.05) is 18.2 Å². The van der Waals surface area contributed by atoms with E-state index in [1.54, 1.807) is 6.07 Å². The molecule has 0 aliphatic heterocycles. The molecule has 0 radical (unpaired) electrons. The fourth-order valence-electron chi connectivity index (χ4n) is 4.37. The van der Waals surface area contributed by atoms with E-state index in [4.69, 9.17) is 0 Å². The van der Waals surface area contributed by atoms with Crippen LogP contribution >= 0.6 is 0 Å². The van der Waals surface area contributed by atoms with Crippen molar-refractivity contribution in [3.8, 4) is 0 Å². The Balaban J connectivity index is 1.30. The van der Waals surface area contributed by atoms with Crippen LogP contribution in [0.15, 0.2) is 48.8 Å². The molecule has 0 saturated heterocycles. The first-order valence-electron chi connectivity index (χ1n) is 10.3. The lowest BCUT2D eigenvalue weighted by molar-refractivity contribution is 0.491. The molecule has 0 fully saturated rings. The van der Waals surface area contributed by atoms with Gasteiger partial charge in [0.15, 0.2) is 5.82 Å². The zero-order chi connectivity index (χ0) is 21.4. The van der Waals surface area contributed by atoms with Gasteiger partial charge in [-0.2, -0.15) is 5.10 Å². The molecule has 1 aromatic heterocycles. The summed E-state index contributed by atoms with van der Waals surface area (Å²) in [7, 11) is 0. The van der Waals surface area contributed by atoms with Gasteiger partial charge in [0.2, 0.25) is 0 Å². The topological polar surface area (TPSA) is 53.6 Å². The second-order valence-corrected chi connectivity index (χ2v) is 8.02. The molecule has 1 heterocycles. The van der Waals surface area contributed by atoms with Gasteiger partial charge in [0.1, 0.15) is 23.8 Å². The van der Waals surface area contributed by atoms with Gasteiger partial charge in [-0.3, -0.25) is 5.10 Å². The molecule has 1 unspecified atom stereocenters. The second-order valence-electron chi connectivity index (χ2n) is 8.02. The number of hydrogen-bond donors (Lipinski definition) is 2. The third kappa shape index (κ3) is 4.05. The number of aromatic amines is 1. The molecule has 7 heteroatoms. The van der Waals surface area contributed by atoms with Crippen LogP contribution in [-0.2, 0) is 19.4 Å². The lowest BCUT2D eigenvalue weighted by atomic mass is 9.93. The highest BCUT2D eigenvalue weighted by Crippen LogP contribution is 2.31. The number of H-pyrrole nitrogens is 1. The maximum absolute atomic E-state index is 14.8. The average Bonchev–Trinajstić information content (AvgIpc) is 3.42. The van der Waals surface area contributed by atoms with Crippen LogP contribution in [0.1, 0.15) is 40.9 Å². The number of allylic oxidation sites excluding steroid dienone is 4. The molecule has 31 heavy (non-hydrogen) atoms. The zero-order valence-corrected chi connectivity index (χ0v) is 16.8. The van der Waals surface area contributed by atoms with Crippen LogP contribution in [0, 0.1) is 17.5 Å². The largest absolute Gasteiger partial charge is 0.309 e. The van der Waals surface area contributed by atoms with Gasteiger partial charge >= 0.3 is 0 Å². The average molecular weight is 422 g/mol. The number of aromatic nitrogens is 3. The van der Waals surface area contributed by atoms with Gasteiger partial charge in [0.25, 0.3) is 0 Å². The van der Waals surface area contributed by atoms with Crippen molar-refractivity contribution < 1.29 is 13.2 Å². The van der Waals surface area contributed by atoms with E-state index >= 15 is 0 Å². The molecule has 1 atom stereocenters. The van der Waals surface area contributed by atoms with Crippen LogP contribution in [0.5, 0.6) is 0 Å². The van der Waals surface area contributed by atoms with Crippen LogP contribution in [0.25, 0.3) is 11.1 Å². The Hall–Kier alpha value is -3.19. The highest BCUT2D eigenvalue weighted by atomic mass is 19.1. The van der Waals surface area contributed by atoms with Crippen molar-refractivity contribution in [2.45, 2.75) is 38.3 Å². The summed E-state index contributed by atoms with van der Waals surface area (Å²) in [5.74, 6) is -0.746. The summed E-state index contributed by atoms with van der Waals surface area (Å²) in [6.45, 7) is 0.0806. The SMILES string of the molecule is Fc1ccc2c(c1)CC(NCc1c(F)cc(C3=CCCC(c4ncn[nH]4)=C3)cc1F)C2. The molecule has 3 aromatic rings. The third-order valence-electron chi connectivity index (χ3n) is 5.97. The quantitative estimate of drug-likeness (QED) is 0.625. The molecule has 0 spiro atoms. The number of halogens is 3. The summed E-state index contributed by atoms with van der Waals surface area (Å²) in [5.41, 5.74) is 4.27. The normalized spacial score (nSPS) is 18.0. The Bertz CT molecular complexity index is 1160. The Morgan fingerprint density at radius 3 is 2.61 bits per heavy atom. The lowest BCUT2D eigenvalue weighted by Crippen LogP contribution is -2.29. The van der Waals surface area contributed by atoms with Crippen molar-refractivity contribution in [2.75, 3.05) is 0 Å². The van der Waals surface area contributed by atoms with E-state index in [0.29, 0.717) is 17.8 Å². The van der Waals surface area contributed by atoms with Gasteiger partial charge in [0.05, 0.1) is 0 Å². The van der Waals surface area contributed by atoms with E-state index in [9.17, 15) is 13.2 Å². The summed E-state index contributed by atoms with van der Waals surface area (Å²) < 4.78 is 43.0. The predicted molar refractivity (Wildman–Crippen MR) is 112 cm³/mol. The van der Waals surface area contributed by atoms with E-state index < -0.39 is 11.6 Å². The second kappa shape index (κ2) is 8.15. The van der Waals surface area contributed by atoms with E-state index in [0.717, 1.165) is 41.5 Å². The number of fused-ring (bicyclic) bond motifs is 1. The predicted octanol–water partition coefficient (Wildman–Crippen LogP) is 4.74. The maximum atomic E-state index is 14.8. The summed E-state index contributed by atoms with van der Waals surface area (Å²) in [6, 6.07) is 7.55. The van der Waals surface area contributed by atoms with Crippen molar-refractivity contribution in [1.82, 2.24) is 20.5 Å². The minimum absolute atomic E-state index is 0.0155. The highest BCUT2D eigenvalue weighted by Gasteiger charge is 2.23. The van der Waals surface area contributed by atoms with Crippen molar-refractivity contribution in [2.24, 2.45) is 0 Å². The molecule has 158 valence electrons. The first-order valence-corrected chi connectivity index (χ1v) is 10.3.